The van der Waals surface area contributed by atoms with Gasteiger partial charge in [-0.3, -0.25) is 11.1 Å². The number of aldehydes is 1. The normalized spacial score (nSPS) is 17.4. The van der Waals surface area contributed by atoms with Gasteiger partial charge in [0, 0.05) is 0 Å². The Morgan fingerprint density at radius 2 is 2.50 bits per heavy atom. The molecule has 48 valence electrons. The lowest BCUT2D eigenvalue weighted by Gasteiger charge is -2.16. The Hall–Kier alpha value is -0.450. The van der Waals surface area contributed by atoms with Crippen molar-refractivity contribution < 1.29 is 9.90 Å². The van der Waals surface area contributed by atoms with Gasteiger partial charge in [0.05, 0.1) is 6.54 Å². The van der Waals surface area contributed by atoms with Crippen molar-refractivity contribution in [3.05, 3.63) is 0 Å². The molecule has 0 amide bonds. The number of hydrogen-bond donors (Lipinski definition) is 3. The van der Waals surface area contributed by atoms with Gasteiger partial charge >= 0.3 is 0 Å². The van der Waals surface area contributed by atoms with Crippen LogP contribution in [0.5, 0.6) is 0 Å². The highest BCUT2D eigenvalue weighted by Gasteiger charge is 2.08. The zero-order valence-corrected chi connectivity index (χ0v) is 4.72. The van der Waals surface area contributed by atoms with Crippen molar-refractivity contribution in [2.45, 2.75) is 12.8 Å². The molecule has 0 aromatic heterocycles. The van der Waals surface area contributed by atoms with Gasteiger partial charge in [-0.15, -0.1) is 0 Å². The molecule has 0 aliphatic carbocycles. The van der Waals surface area contributed by atoms with Gasteiger partial charge in [0.25, 0.3) is 0 Å². The molecule has 0 heterocycles. The van der Waals surface area contributed by atoms with Crippen molar-refractivity contribution in [3.8, 4) is 0 Å². The number of nitrogens with two attached hydrogens (primary N) is 1. The predicted octanol–water partition coefficient (Wildman–Crippen LogP) is -1.60. The second kappa shape index (κ2) is 2.76. The molecule has 0 fully saturated rings. The fourth-order valence-corrected chi connectivity index (χ4v) is 0.248. The molecule has 0 aliphatic heterocycles. The van der Waals surface area contributed by atoms with E-state index in [4.69, 9.17) is 10.8 Å². The van der Waals surface area contributed by atoms with E-state index in [0.29, 0.717) is 6.29 Å². The van der Waals surface area contributed by atoms with Crippen LogP contribution in [-0.2, 0) is 4.79 Å². The van der Waals surface area contributed by atoms with Crippen molar-refractivity contribution in [3.63, 3.8) is 0 Å². The topological polar surface area (TPSA) is 75.3 Å². The van der Waals surface area contributed by atoms with Crippen LogP contribution in [0.2, 0.25) is 0 Å². The molecule has 0 radical (unpaired) electrons. The third kappa shape index (κ3) is 5.55. The summed E-state index contributed by atoms with van der Waals surface area (Å²) < 4.78 is 0. The number of nitrogens with one attached hydrogen (secondary N) is 1. The number of aliphatic hydroxyl groups is 1. The minimum absolute atomic E-state index is 0.0729. The summed E-state index contributed by atoms with van der Waals surface area (Å²) in [7, 11) is 0. The van der Waals surface area contributed by atoms with E-state index in [0.717, 1.165) is 0 Å². The second-order valence-electron chi connectivity index (χ2n) is 1.70. The highest BCUT2D eigenvalue weighted by atomic mass is 16.3. The van der Waals surface area contributed by atoms with Gasteiger partial charge in [-0.05, 0) is 6.92 Å². The number of rotatable bonds is 3. The summed E-state index contributed by atoms with van der Waals surface area (Å²) in [5, 5.41) is 11.0. The zero-order valence-electron chi connectivity index (χ0n) is 4.72. The first kappa shape index (κ1) is 7.55. The molecule has 4 nitrogen and oxygen atoms in total. The Labute approximate surface area is 47.7 Å². The van der Waals surface area contributed by atoms with Crippen LogP contribution in [0, 0.1) is 0 Å². The zero-order chi connectivity index (χ0) is 6.62. The average Bonchev–Trinajstić information content (AvgIpc) is 1.59. The van der Waals surface area contributed by atoms with E-state index in [2.05, 4.69) is 5.32 Å². The maximum absolute atomic E-state index is 9.62. The van der Waals surface area contributed by atoms with Crippen molar-refractivity contribution in [2.75, 3.05) is 6.54 Å². The summed E-state index contributed by atoms with van der Waals surface area (Å²) in [6.45, 7) is 1.43. The Bertz CT molecular complexity index is 76.6. The average molecular weight is 118 g/mol. The van der Waals surface area contributed by atoms with Gasteiger partial charge < -0.3 is 9.90 Å². The molecule has 0 bridgehead atoms. The van der Waals surface area contributed by atoms with Crippen molar-refractivity contribution >= 4 is 6.29 Å². The molecular weight excluding hydrogens is 108 g/mol. The summed E-state index contributed by atoms with van der Waals surface area (Å²) >= 11 is 0. The number of hydrogen-bond acceptors (Lipinski definition) is 4. The van der Waals surface area contributed by atoms with E-state index in [-0.39, 0.29) is 6.54 Å². The number of carbonyl (C=O) groups excluding carboxylic acids is 1. The highest BCUT2D eigenvalue weighted by Crippen LogP contribution is 1.79. The number of carbonyl (C=O) groups is 1. The van der Waals surface area contributed by atoms with Crippen molar-refractivity contribution in [1.82, 2.24) is 5.32 Å². The van der Waals surface area contributed by atoms with E-state index < -0.39 is 5.85 Å². The second-order valence-corrected chi connectivity index (χ2v) is 1.70. The minimum atomic E-state index is -1.43. The van der Waals surface area contributed by atoms with Crippen molar-refractivity contribution in [2.24, 2.45) is 5.73 Å². The van der Waals surface area contributed by atoms with E-state index in [1.54, 1.807) is 0 Å². The van der Waals surface area contributed by atoms with Crippen LogP contribution in [0.3, 0.4) is 0 Å². The first-order valence-electron chi connectivity index (χ1n) is 2.26. The lowest BCUT2D eigenvalue weighted by atomic mass is 10.5. The van der Waals surface area contributed by atoms with Crippen LogP contribution in [0.25, 0.3) is 0 Å². The maximum atomic E-state index is 9.62. The van der Waals surface area contributed by atoms with E-state index in [1.165, 1.54) is 6.92 Å². The van der Waals surface area contributed by atoms with E-state index in [9.17, 15) is 4.79 Å². The molecule has 8 heavy (non-hydrogen) atoms. The van der Waals surface area contributed by atoms with E-state index in [1.807, 2.05) is 0 Å². The Kier molecular flexibility index (Phi) is 2.60. The maximum Gasteiger partial charge on any atom is 0.166 e. The largest absolute Gasteiger partial charge is 0.363 e. The van der Waals surface area contributed by atoms with Crippen molar-refractivity contribution in [1.29, 1.82) is 0 Å². The summed E-state index contributed by atoms with van der Waals surface area (Å²) in [6.07, 6.45) is 0.626. The first-order valence-corrected chi connectivity index (χ1v) is 2.26. The molecule has 4 N–H and O–H groups in total. The molecule has 0 spiro atoms. The standard InChI is InChI=1S/C4H10N2O2/c1-4(5,8)6-2-3-7/h3,6,8H,2,5H2,1H3. The van der Waals surface area contributed by atoms with Gasteiger partial charge in [0.1, 0.15) is 6.29 Å². The van der Waals surface area contributed by atoms with Crippen LogP contribution in [-0.4, -0.2) is 23.8 Å². The smallest absolute Gasteiger partial charge is 0.166 e. The summed E-state index contributed by atoms with van der Waals surface area (Å²) in [5.74, 6) is -1.43. The third-order valence-corrected chi connectivity index (χ3v) is 0.543. The van der Waals surface area contributed by atoms with E-state index >= 15 is 0 Å². The molecule has 0 aromatic rings. The first-order chi connectivity index (χ1) is 3.56. The summed E-state index contributed by atoms with van der Waals surface area (Å²) in [6, 6.07) is 0. The van der Waals surface area contributed by atoms with Gasteiger partial charge in [-0.25, -0.2) is 0 Å². The van der Waals surface area contributed by atoms with Crippen LogP contribution < -0.4 is 11.1 Å². The van der Waals surface area contributed by atoms with Crippen LogP contribution >= 0.6 is 0 Å². The van der Waals surface area contributed by atoms with Gasteiger partial charge in [-0.2, -0.15) is 0 Å². The SMILES string of the molecule is CC(N)(O)NCC=O. The third-order valence-electron chi connectivity index (χ3n) is 0.543. The monoisotopic (exact) mass is 118 g/mol. The van der Waals surface area contributed by atoms with Gasteiger partial charge in [-0.1, -0.05) is 0 Å². The lowest BCUT2D eigenvalue weighted by molar-refractivity contribution is -0.108. The fraction of sp³-hybridized carbons (Fsp3) is 0.750. The summed E-state index contributed by atoms with van der Waals surface area (Å²) in [4.78, 5) is 9.62. The highest BCUT2D eigenvalue weighted by molar-refractivity contribution is 5.51. The van der Waals surface area contributed by atoms with Crippen LogP contribution in [0.1, 0.15) is 6.92 Å². The van der Waals surface area contributed by atoms with Gasteiger partial charge in [0.2, 0.25) is 0 Å². The molecule has 0 saturated carbocycles. The molecule has 4 heteroatoms. The van der Waals surface area contributed by atoms with Crippen LogP contribution in [0.15, 0.2) is 0 Å². The molecule has 0 rings (SSSR count). The Morgan fingerprint density at radius 3 is 2.62 bits per heavy atom. The molecule has 1 unspecified atom stereocenters. The van der Waals surface area contributed by atoms with Gasteiger partial charge in [0.15, 0.2) is 5.85 Å². The summed E-state index contributed by atoms with van der Waals surface area (Å²) in [5.41, 5.74) is 5.01. The molecule has 0 aliphatic rings. The molecule has 0 saturated heterocycles. The lowest BCUT2D eigenvalue weighted by Crippen LogP contribution is -2.51. The molecule has 1 atom stereocenters. The minimum Gasteiger partial charge on any atom is -0.363 e. The quantitative estimate of drug-likeness (QED) is 0.308. The Morgan fingerprint density at radius 1 is 2.00 bits per heavy atom. The predicted molar refractivity (Wildman–Crippen MR) is 28.9 cm³/mol. The fourth-order valence-electron chi connectivity index (χ4n) is 0.248. The Balaban J connectivity index is 3.24. The molecular formula is C4H10N2O2. The molecule has 0 aromatic carbocycles. The van der Waals surface area contributed by atoms with Crippen LogP contribution in [0.4, 0.5) is 0 Å².